The summed E-state index contributed by atoms with van der Waals surface area (Å²) in [5.41, 5.74) is 3.69. The van der Waals surface area contributed by atoms with Crippen LogP contribution in [0.3, 0.4) is 0 Å². The molecule has 0 radical (unpaired) electrons. The first kappa shape index (κ1) is 20.4. The summed E-state index contributed by atoms with van der Waals surface area (Å²) in [6, 6.07) is 10.2. The number of nitrogens with zero attached hydrogens (tertiary/aromatic N) is 6. The zero-order valence-corrected chi connectivity index (χ0v) is 17.6. The first-order valence-corrected chi connectivity index (χ1v) is 10.3. The number of hydrogen-bond donors (Lipinski definition) is 1. The molecular formula is C21H18FN7OS. The lowest BCUT2D eigenvalue weighted by molar-refractivity contribution is -0.117. The van der Waals surface area contributed by atoms with Gasteiger partial charge < -0.3 is 9.88 Å². The molecule has 4 rings (SSSR count). The molecule has 1 amide bonds. The largest absolute Gasteiger partial charge is 0.326 e. The average molecular weight is 435 g/mol. The van der Waals surface area contributed by atoms with Gasteiger partial charge in [-0.1, -0.05) is 12.1 Å². The van der Waals surface area contributed by atoms with E-state index in [9.17, 15) is 14.4 Å². The summed E-state index contributed by atoms with van der Waals surface area (Å²) in [6.07, 6.45) is 0. The van der Waals surface area contributed by atoms with Gasteiger partial charge in [-0.25, -0.2) is 4.39 Å². The molecular weight excluding hydrogens is 417 g/mol. The van der Waals surface area contributed by atoms with Gasteiger partial charge in [-0.05, 0) is 53.8 Å². The van der Waals surface area contributed by atoms with E-state index in [1.54, 1.807) is 12.1 Å². The van der Waals surface area contributed by atoms with Gasteiger partial charge in [0.25, 0.3) is 0 Å². The van der Waals surface area contributed by atoms with Gasteiger partial charge in [0.05, 0.1) is 5.56 Å². The van der Waals surface area contributed by atoms with Crippen LogP contribution in [0.4, 0.5) is 10.2 Å². The van der Waals surface area contributed by atoms with E-state index in [0.717, 1.165) is 22.4 Å². The highest BCUT2D eigenvalue weighted by Gasteiger charge is 2.20. The summed E-state index contributed by atoms with van der Waals surface area (Å²) in [4.78, 5) is 13.9. The number of nitriles is 1. The first-order chi connectivity index (χ1) is 15.0. The van der Waals surface area contributed by atoms with Crippen LogP contribution in [0.5, 0.6) is 0 Å². The number of halogens is 1. The minimum Gasteiger partial charge on any atom is -0.326 e. The highest BCUT2D eigenvalue weighted by atomic mass is 32.1. The van der Waals surface area contributed by atoms with Crippen molar-refractivity contribution in [2.75, 3.05) is 5.32 Å². The van der Waals surface area contributed by atoms with Crippen LogP contribution < -0.4 is 5.32 Å². The number of thiophene rings is 1. The molecule has 4 aromatic rings. The minimum atomic E-state index is -0.386. The zero-order chi connectivity index (χ0) is 22.0. The highest BCUT2D eigenvalue weighted by Crippen LogP contribution is 2.27. The van der Waals surface area contributed by atoms with Crippen LogP contribution in [0.15, 0.2) is 41.1 Å². The number of carbonyl (C=O) groups is 1. The third kappa shape index (κ3) is 4.22. The second-order valence-electron chi connectivity index (χ2n) is 6.96. The molecule has 0 aliphatic carbocycles. The van der Waals surface area contributed by atoms with E-state index in [0.29, 0.717) is 23.8 Å². The van der Waals surface area contributed by atoms with Crippen LogP contribution in [0.1, 0.15) is 22.4 Å². The number of aromatic nitrogens is 5. The molecule has 0 aliphatic heterocycles. The third-order valence-electron chi connectivity index (χ3n) is 4.97. The fraction of sp³-hybridized carbons (Fsp3) is 0.190. The van der Waals surface area contributed by atoms with Crippen LogP contribution in [0.2, 0.25) is 0 Å². The quantitative estimate of drug-likeness (QED) is 0.499. The highest BCUT2D eigenvalue weighted by molar-refractivity contribution is 7.08. The van der Waals surface area contributed by atoms with Crippen molar-refractivity contribution in [3.8, 4) is 17.5 Å². The molecule has 3 heterocycles. The lowest BCUT2D eigenvalue weighted by Crippen LogP contribution is -2.23. The molecule has 3 aromatic heterocycles. The molecule has 8 nitrogen and oxygen atoms in total. The Hall–Kier alpha value is -3.84. The predicted molar refractivity (Wildman–Crippen MR) is 114 cm³/mol. The molecule has 0 bridgehead atoms. The lowest BCUT2D eigenvalue weighted by atomic mass is 10.2. The van der Waals surface area contributed by atoms with E-state index in [4.69, 9.17) is 0 Å². The van der Waals surface area contributed by atoms with Gasteiger partial charge >= 0.3 is 0 Å². The summed E-state index contributed by atoms with van der Waals surface area (Å²) in [5.74, 6) is 0.129. The van der Waals surface area contributed by atoms with E-state index >= 15 is 0 Å². The Morgan fingerprint density at radius 2 is 2.03 bits per heavy atom. The van der Waals surface area contributed by atoms with Crippen molar-refractivity contribution in [3.63, 3.8) is 0 Å². The maximum absolute atomic E-state index is 13.3. The zero-order valence-electron chi connectivity index (χ0n) is 16.8. The van der Waals surface area contributed by atoms with Crippen LogP contribution in [-0.4, -0.2) is 30.7 Å². The molecule has 0 atom stereocenters. The second kappa shape index (κ2) is 8.49. The standard InChI is InChI=1S/C21H18FN7OS/c1-13-14(2)28(10-15-3-5-17(22)6-4-15)21(18(13)9-23)24-19(30)11-29-26-20(25-27-29)16-7-8-31-12-16/h3-8,12H,10-11H2,1-2H3,(H,24,30). The maximum atomic E-state index is 13.3. The van der Waals surface area contributed by atoms with Gasteiger partial charge in [0.15, 0.2) is 0 Å². The molecule has 0 saturated heterocycles. The third-order valence-corrected chi connectivity index (χ3v) is 5.65. The molecule has 31 heavy (non-hydrogen) atoms. The van der Waals surface area contributed by atoms with Crippen molar-refractivity contribution >= 4 is 23.1 Å². The van der Waals surface area contributed by atoms with Crippen molar-refractivity contribution in [1.82, 2.24) is 24.8 Å². The molecule has 0 saturated carbocycles. The Labute approximate surface area is 181 Å². The number of hydrogen-bond acceptors (Lipinski definition) is 6. The average Bonchev–Trinajstić information content (AvgIpc) is 3.48. The van der Waals surface area contributed by atoms with Crippen LogP contribution in [0, 0.1) is 31.0 Å². The SMILES string of the molecule is Cc1c(C#N)c(NC(=O)Cn2nnc(-c3ccsc3)n2)n(Cc2ccc(F)cc2)c1C. The van der Waals surface area contributed by atoms with Gasteiger partial charge in [-0.15, -0.1) is 10.2 Å². The van der Waals surface area contributed by atoms with Crippen LogP contribution in [-0.2, 0) is 17.9 Å². The van der Waals surface area contributed by atoms with Crippen molar-refractivity contribution in [2.24, 2.45) is 0 Å². The molecule has 10 heteroatoms. The molecule has 1 aromatic carbocycles. The Morgan fingerprint density at radius 1 is 1.26 bits per heavy atom. The number of rotatable bonds is 6. The van der Waals surface area contributed by atoms with Gasteiger partial charge in [-0.2, -0.15) is 21.4 Å². The van der Waals surface area contributed by atoms with Gasteiger partial charge in [-0.3, -0.25) is 4.79 Å². The minimum absolute atomic E-state index is 0.151. The Kier molecular flexibility index (Phi) is 5.60. The normalized spacial score (nSPS) is 10.8. The van der Waals surface area contributed by atoms with Gasteiger partial charge in [0, 0.05) is 23.2 Å². The number of amides is 1. The van der Waals surface area contributed by atoms with E-state index in [1.807, 2.05) is 35.2 Å². The summed E-state index contributed by atoms with van der Waals surface area (Å²) >= 11 is 1.52. The van der Waals surface area contributed by atoms with Gasteiger partial charge in [0.2, 0.25) is 11.7 Å². The smallest absolute Gasteiger partial charge is 0.249 e. The van der Waals surface area contributed by atoms with Crippen LogP contribution >= 0.6 is 11.3 Å². The number of tetrazole rings is 1. The Bertz CT molecular complexity index is 1270. The maximum Gasteiger partial charge on any atom is 0.249 e. The summed E-state index contributed by atoms with van der Waals surface area (Å²) in [7, 11) is 0. The Morgan fingerprint density at radius 3 is 2.71 bits per heavy atom. The van der Waals surface area contributed by atoms with E-state index in [2.05, 4.69) is 26.8 Å². The Balaban J connectivity index is 1.57. The van der Waals surface area contributed by atoms with Gasteiger partial charge in [0.1, 0.15) is 24.2 Å². The fourth-order valence-corrected chi connectivity index (χ4v) is 3.85. The molecule has 156 valence electrons. The lowest BCUT2D eigenvalue weighted by Gasteiger charge is -2.13. The topological polar surface area (TPSA) is 101 Å². The van der Waals surface area contributed by atoms with E-state index < -0.39 is 0 Å². The molecule has 0 unspecified atom stereocenters. The second-order valence-corrected chi connectivity index (χ2v) is 7.74. The molecule has 0 fully saturated rings. The molecule has 0 aliphatic rings. The number of anilines is 1. The predicted octanol–water partition coefficient (Wildman–Crippen LogP) is 3.52. The number of benzene rings is 1. The summed E-state index contributed by atoms with van der Waals surface area (Å²) < 4.78 is 15.1. The first-order valence-electron chi connectivity index (χ1n) is 9.40. The molecule has 1 N–H and O–H groups in total. The van der Waals surface area contributed by atoms with E-state index in [-0.39, 0.29) is 18.3 Å². The number of nitrogens with one attached hydrogen (secondary N) is 1. The summed E-state index contributed by atoms with van der Waals surface area (Å²) in [5, 5.41) is 28.4. The monoisotopic (exact) mass is 435 g/mol. The van der Waals surface area contributed by atoms with E-state index in [1.165, 1.54) is 28.3 Å². The van der Waals surface area contributed by atoms with Crippen LogP contribution in [0.25, 0.3) is 11.4 Å². The number of carbonyl (C=O) groups excluding carboxylic acids is 1. The fourth-order valence-electron chi connectivity index (χ4n) is 3.22. The van der Waals surface area contributed by atoms with Crippen molar-refractivity contribution < 1.29 is 9.18 Å². The molecule has 0 spiro atoms. The van der Waals surface area contributed by atoms with Crippen molar-refractivity contribution in [3.05, 3.63) is 69.3 Å². The summed E-state index contributed by atoms with van der Waals surface area (Å²) in [6.45, 7) is 3.94. The van der Waals surface area contributed by atoms with Crippen molar-refractivity contribution in [1.29, 1.82) is 5.26 Å². The van der Waals surface area contributed by atoms with Crippen molar-refractivity contribution in [2.45, 2.75) is 26.9 Å².